The molecule has 0 amide bonds. The molecule has 0 aliphatic carbocycles. The number of hydrogen-bond acceptors (Lipinski definition) is 4. The summed E-state index contributed by atoms with van der Waals surface area (Å²) >= 11 is -0.286. The zero-order valence-corrected chi connectivity index (χ0v) is 21.1. The van der Waals surface area contributed by atoms with Gasteiger partial charge >= 0.3 is 194 Å². The van der Waals surface area contributed by atoms with Crippen molar-refractivity contribution in [3.05, 3.63) is 69.5 Å². The fourth-order valence-corrected chi connectivity index (χ4v) is 7.65. The van der Waals surface area contributed by atoms with Gasteiger partial charge in [-0.15, -0.1) is 0 Å². The van der Waals surface area contributed by atoms with Crippen molar-refractivity contribution in [3.8, 4) is 0 Å². The number of aryl methyl sites for hydroxylation is 1. The van der Waals surface area contributed by atoms with Crippen LogP contribution in [0, 0.1) is 6.92 Å². The Hall–Kier alpha value is -1.88. The summed E-state index contributed by atoms with van der Waals surface area (Å²) in [6.45, 7) is 4.08. The molecule has 2 aromatic rings. The summed E-state index contributed by atoms with van der Waals surface area (Å²) in [5, 5.41) is 0. The monoisotopic (exact) mass is 508 g/mol. The van der Waals surface area contributed by atoms with Gasteiger partial charge < -0.3 is 0 Å². The van der Waals surface area contributed by atoms with Gasteiger partial charge in [-0.1, -0.05) is 0 Å². The van der Waals surface area contributed by atoms with Crippen LogP contribution in [0.15, 0.2) is 68.9 Å². The molecule has 0 N–H and O–H groups in total. The van der Waals surface area contributed by atoms with Gasteiger partial charge in [-0.2, -0.15) is 0 Å². The summed E-state index contributed by atoms with van der Waals surface area (Å²) in [5.74, 6) is -0.778. The third kappa shape index (κ3) is 7.64. The molecule has 168 valence electrons. The molecule has 0 aliphatic heterocycles. The van der Waals surface area contributed by atoms with E-state index in [1.165, 1.54) is 26.4 Å². The fraction of sp³-hybridized carbons (Fsp3) is 0.400. The number of carbonyl (C=O) groups is 1. The van der Waals surface area contributed by atoms with Crippen molar-refractivity contribution >= 4 is 35.2 Å². The fourth-order valence-electron chi connectivity index (χ4n) is 3.21. The Morgan fingerprint density at radius 2 is 1.52 bits per heavy atom. The van der Waals surface area contributed by atoms with Gasteiger partial charge in [0.05, 0.1) is 0 Å². The molecule has 2 aromatic carbocycles. The van der Waals surface area contributed by atoms with Crippen molar-refractivity contribution < 1.29 is 17.9 Å². The number of esters is 1. The topological polar surface area (TPSA) is 60.4 Å². The van der Waals surface area contributed by atoms with Gasteiger partial charge in [0, 0.05) is 0 Å². The zero-order valence-electron chi connectivity index (χ0n) is 18.6. The van der Waals surface area contributed by atoms with Gasteiger partial charge in [-0.05, 0) is 0 Å². The van der Waals surface area contributed by atoms with E-state index in [0.717, 1.165) is 29.3 Å². The van der Waals surface area contributed by atoms with Crippen molar-refractivity contribution in [2.24, 2.45) is 0 Å². The van der Waals surface area contributed by atoms with E-state index in [2.05, 4.69) is 6.92 Å². The number of rotatable bonds is 12. The van der Waals surface area contributed by atoms with Gasteiger partial charge in [0.25, 0.3) is 0 Å². The average molecular weight is 508 g/mol. The third-order valence-electron chi connectivity index (χ3n) is 4.97. The van der Waals surface area contributed by atoms with E-state index in [0.29, 0.717) is 10.9 Å². The van der Waals surface area contributed by atoms with Crippen LogP contribution in [0.25, 0.3) is 0 Å². The molecule has 0 unspecified atom stereocenters. The third-order valence-corrected chi connectivity index (χ3v) is 9.54. The second-order valence-corrected chi connectivity index (χ2v) is 11.8. The molecule has 0 spiro atoms. The van der Waals surface area contributed by atoms with Gasteiger partial charge in [-0.3, -0.25) is 0 Å². The van der Waals surface area contributed by atoms with Crippen molar-refractivity contribution in [1.29, 1.82) is 0 Å². The second-order valence-electron chi connectivity index (χ2n) is 7.49. The van der Waals surface area contributed by atoms with E-state index in [-0.39, 0.29) is 24.8 Å². The first kappa shape index (κ1) is 25.4. The van der Waals surface area contributed by atoms with Gasteiger partial charge in [-0.25, -0.2) is 0 Å². The van der Waals surface area contributed by atoms with E-state index >= 15 is 0 Å². The van der Waals surface area contributed by atoms with Gasteiger partial charge in [0.2, 0.25) is 0 Å². The van der Waals surface area contributed by atoms with Crippen molar-refractivity contribution in [2.45, 2.75) is 63.7 Å². The number of benzene rings is 2. The molecule has 31 heavy (non-hydrogen) atoms. The minimum atomic E-state index is -3.98. The molecular formula is C25H32O4SSe. The zero-order chi connectivity index (χ0) is 22.7. The Kier molecular flexibility index (Phi) is 10.5. The van der Waals surface area contributed by atoms with Crippen LogP contribution in [0.3, 0.4) is 0 Å². The number of unbranched alkanes of at least 4 members (excludes halogenated alkanes) is 5. The number of ether oxygens (including phenoxy) is 1. The maximum absolute atomic E-state index is 13.5. The quantitative estimate of drug-likeness (QED) is 0.177. The molecule has 0 heterocycles. The first-order chi connectivity index (χ1) is 14.9. The standard InChI is InChI=1S/C25H32O4SSe/c1-4-5-6-7-8-12-15-23(31-22-13-10-9-11-14-22)24(25(26)29-3)30(27,28)21-18-16-20(2)17-19-21/h9-11,13-14,16-19H,4-8,12,15H2,1-3H3/b24-23+. The first-order valence-electron chi connectivity index (χ1n) is 10.8. The number of carbonyl (C=O) groups excluding carboxylic acids is 1. The summed E-state index contributed by atoms with van der Waals surface area (Å²) in [5.41, 5.74) is 0.961. The summed E-state index contributed by atoms with van der Waals surface area (Å²) in [4.78, 5) is 12.7. The van der Waals surface area contributed by atoms with Crippen molar-refractivity contribution in [3.63, 3.8) is 0 Å². The molecule has 0 atom stereocenters. The van der Waals surface area contributed by atoms with Crippen LogP contribution < -0.4 is 4.46 Å². The van der Waals surface area contributed by atoms with Crippen LogP contribution in [-0.4, -0.2) is 36.5 Å². The Labute approximate surface area is 193 Å². The van der Waals surface area contributed by atoms with Crippen LogP contribution in [0.5, 0.6) is 0 Å². The van der Waals surface area contributed by atoms with Gasteiger partial charge in [0.1, 0.15) is 0 Å². The molecule has 0 saturated heterocycles. The molecule has 0 aliphatic rings. The predicted octanol–water partition coefficient (Wildman–Crippen LogP) is 4.93. The maximum atomic E-state index is 13.5. The molecule has 4 nitrogen and oxygen atoms in total. The van der Waals surface area contributed by atoms with Crippen molar-refractivity contribution in [1.82, 2.24) is 0 Å². The van der Waals surface area contributed by atoms with Crippen molar-refractivity contribution in [2.75, 3.05) is 7.11 Å². The van der Waals surface area contributed by atoms with E-state index in [1.807, 2.05) is 37.3 Å². The van der Waals surface area contributed by atoms with Crippen LogP contribution >= 0.6 is 0 Å². The first-order valence-corrected chi connectivity index (χ1v) is 14.0. The van der Waals surface area contributed by atoms with Crippen LogP contribution in [0.4, 0.5) is 0 Å². The number of sulfone groups is 1. The summed E-state index contributed by atoms with van der Waals surface area (Å²) < 4.78 is 33.7. The summed E-state index contributed by atoms with van der Waals surface area (Å²) in [6.07, 6.45) is 7.17. The molecule has 0 radical (unpaired) electrons. The Balaban J connectivity index is 2.44. The molecular weight excluding hydrogens is 475 g/mol. The normalized spacial score (nSPS) is 12.4. The Bertz CT molecular complexity index is 964. The van der Waals surface area contributed by atoms with E-state index < -0.39 is 15.8 Å². The Morgan fingerprint density at radius 1 is 0.903 bits per heavy atom. The van der Waals surface area contributed by atoms with E-state index in [4.69, 9.17) is 4.74 Å². The molecule has 0 fully saturated rings. The second kappa shape index (κ2) is 12.8. The van der Waals surface area contributed by atoms with Crippen LogP contribution in [0.2, 0.25) is 0 Å². The molecule has 0 aromatic heterocycles. The predicted molar refractivity (Wildman–Crippen MR) is 127 cm³/mol. The average Bonchev–Trinajstić information content (AvgIpc) is 2.76. The molecule has 2 rings (SSSR count). The molecule has 0 saturated carbocycles. The Morgan fingerprint density at radius 3 is 2.13 bits per heavy atom. The molecule has 0 bridgehead atoms. The summed E-state index contributed by atoms with van der Waals surface area (Å²) in [6, 6.07) is 16.4. The number of methoxy groups -OCH3 is 1. The SMILES string of the molecule is CCCCCCCC/C([Se]c1ccccc1)=C(/C(=O)OC)S(=O)(=O)c1ccc(C)cc1. The van der Waals surface area contributed by atoms with Crippen LogP contribution in [-0.2, 0) is 19.4 Å². The molecule has 6 heteroatoms. The van der Waals surface area contributed by atoms with E-state index in [9.17, 15) is 13.2 Å². The number of hydrogen-bond donors (Lipinski definition) is 0. The van der Waals surface area contributed by atoms with E-state index in [1.54, 1.807) is 24.3 Å². The number of allylic oxidation sites excluding steroid dienone is 1. The summed E-state index contributed by atoms with van der Waals surface area (Å²) in [7, 11) is -2.74. The van der Waals surface area contributed by atoms with Gasteiger partial charge in [0.15, 0.2) is 0 Å². The van der Waals surface area contributed by atoms with Crippen LogP contribution in [0.1, 0.15) is 57.4 Å². The minimum absolute atomic E-state index is 0.128.